The van der Waals surface area contributed by atoms with Crippen molar-refractivity contribution in [3.8, 4) is 0 Å². The maximum absolute atomic E-state index is 12.7. The van der Waals surface area contributed by atoms with E-state index in [1.165, 1.54) is 6.07 Å². The van der Waals surface area contributed by atoms with Crippen molar-refractivity contribution < 1.29 is 13.2 Å². The van der Waals surface area contributed by atoms with Gasteiger partial charge < -0.3 is 9.88 Å². The molecule has 0 saturated heterocycles. The number of hydrogen-bond donors (Lipinski definition) is 1. The van der Waals surface area contributed by atoms with Gasteiger partial charge in [0.15, 0.2) is 0 Å². The summed E-state index contributed by atoms with van der Waals surface area (Å²) in [5, 5.41) is 2.97. The monoisotopic (exact) mass is 283 g/mol. The van der Waals surface area contributed by atoms with Gasteiger partial charge >= 0.3 is 6.18 Å². The minimum absolute atomic E-state index is 0.172. The van der Waals surface area contributed by atoms with Crippen molar-refractivity contribution in [3.63, 3.8) is 0 Å². The Kier molecular flexibility index (Phi) is 3.74. The Labute approximate surface area is 115 Å². The largest absolute Gasteiger partial charge is 0.416 e. The van der Waals surface area contributed by atoms with Gasteiger partial charge in [0.1, 0.15) is 0 Å². The van der Waals surface area contributed by atoms with E-state index in [0.29, 0.717) is 11.6 Å². The molecule has 0 atom stereocenters. The third-order valence-corrected chi connectivity index (χ3v) is 3.04. The molecule has 2 rings (SSSR count). The minimum Gasteiger partial charge on any atom is -0.325 e. The van der Waals surface area contributed by atoms with Crippen molar-refractivity contribution in [1.82, 2.24) is 9.55 Å². The van der Waals surface area contributed by atoms with E-state index in [0.717, 1.165) is 17.7 Å². The molecule has 0 radical (unpaired) electrons. The molecule has 1 aromatic heterocycles. The van der Waals surface area contributed by atoms with Crippen LogP contribution in [-0.2, 0) is 6.18 Å². The number of halogens is 3. The molecule has 0 aliphatic rings. The standard InChI is InChI=1S/C14H16F3N3/c1-9(2)20-7-6-18-13(20)19-12-8-11(14(15,16)17)5-4-10(12)3/h4-9H,1-3H3,(H,18,19). The Balaban J connectivity index is 2.36. The summed E-state index contributed by atoms with van der Waals surface area (Å²) in [6.45, 7) is 5.71. The molecule has 108 valence electrons. The molecule has 0 saturated carbocycles. The molecule has 0 aliphatic carbocycles. The third-order valence-electron chi connectivity index (χ3n) is 3.04. The van der Waals surface area contributed by atoms with Gasteiger partial charge in [-0.2, -0.15) is 13.2 Å². The number of aryl methyl sites for hydroxylation is 1. The maximum atomic E-state index is 12.7. The highest BCUT2D eigenvalue weighted by atomic mass is 19.4. The van der Waals surface area contributed by atoms with Crippen LogP contribution in [0, 0.1) is 6.92 Å². The van der Waals surface area contributed by atoms with E-state index in [-0.39, 0.29) is 6.04 Å². The highest BCUT2D eigenvalue weighted by molar-refractivity contribution is 5.60. The number of nitrogens with zero attached hydrogens (tertiary/aromatic N) is 2. The SMILES string of the molecule is Cc1ccc(C(F)(F)F)cc1Nc1nccn1C(C)C. The Morgan fingerprint density at radius 2 is 1.95 bits per heavy atom. The van der Waals surface area contributed by atoms with Gasteiger partial charge in [-0.15, -0.1) is 0 Å². The molecule has 3 nitrogen and oxygen atoms in total. The fourth-order valence-electron chi connectivity index (χ4n) is 1.88. The zero-order valence-corrected chi connectivity index (χ0v) is 11.5. The smallest absolute Gasteiger partial charge is 0.325 e. The molecule has 0 fully saturated rings. The van der Waals surface area contributed by atoms with Crippen LogP contribution in [0.5, 0.6) is 0 Å². The number of benzene rings is 1. The quantitative estimate of drug-likeness (QED) is 0.896. The van der Waals surface area contributed by atoms with Gasteiger partial charge in [-0.05, 0) is 38.5 Å². The van der Waals surface area contributed by atoms with Crippen LogP contribution >= 0.6 is 0 Å². The molecule has 1 heterocycles. The van der Waals surface area contributed by atoms with Crippen molar-refractivity contribution in [2.45, 2.75) is 33.0 Å². The Hall–Kier alpha value is -1.98. The van der Waals surface area contributed by atoms with Crippen LogP contribution in [-0.4, -0.2) is 9.55 Å². The second kappa shape index (κ2) is 5.19. The summed E-state index contributed by atoms with van der Waals surface area (Å²) in [5.74, 6) is 0.530. The summed E-state index contributed by atoms with van der Waals surface area (Å²) in [4.78, 5) is 4.14. The van der Waals surface area contributed by atoms with E-state index >= 15 is 0 Å². The van der Waals surface area contributed by atoms with Crippen molar-refractivity contribution in [3.05, 3.63) is 41.7 Å². The second-order valence-corrected chi connectivity index (χ2v) is 4.90. The lowest BCUT2D eigenvalue weighted by molar-refractivity contribution is -0.137. The fraction of sp³-hybridized carbons (Fsp3) is 0.357. The first-order valence-corrected chi connectivity index (χ1v) is 6.26. The Morgan fingerprint density at radius 1 is 1.25 bits per heavy atom. The Bertz CT molecular complexity index is 600. The number of aromatic nitrogens is 2. The lowest BCUT2D eigenvalue weighted by atomic mass is 10.1. The van der Waals surface area contributed by atoms with E-state index < -0.39 is 11.7 Å². The zero-order chi connectivity index (χ0) is 14.9. The lowest BCUT2D eigenvalue weighted by Gasteiger charge is -2.15. The second-order valence-electron chi connectivity index (χ2n) is 4.90. The van der Waals surface area contributed by atoms with Crippen LogP contribution in [0.4, 0.5) is 24.8 Å². The van der Waals surface area contributed by atoms with Crippen LogP contribution in [0.1, 0.15) is 31.0 Å². The molecule has 2 aromatic rings. The molecule has 0 amide bonds. The van der Waals surface area contributed by atoms with Crippen LogP contribution in [0.3, 0.4) is 0 Å². The highest BCUT2D eigenvalue weighted by Crippen LogP contribution is 2.33. The fourth-order valence-corrected chi connectivity index (χ4v) is 1.88. The summed E-state index contributed by atoms with van der Waals surface area (Å²) in [6.07, 6.45) is -0.946. The molecule has 1 aromatic carbocycles. The molecule has 0 aliphatic heterocycles. The minimum atomic E-state index is -4.35. The lowest BCUT2D eigenvalue weighted by Crippen LogP contribution is -2.08. The van der Waals surface area contributed by atoms with Gasteiger partial charge in [0.05, 0.1) is 5.56 Å². The van der Waals surface area contributed by atoms with Gasteiger partial charge in [-0.3, -0.25) is 0 Å². The average Bonchev–Trinajstić information content (AvgIpc) is 2.78. The first kappa shape index (κ1) is 14.4. The summed E-state index contributed by atoms with van der Waals surface area (Å²) < 4.78 is 40.1. The number of rotatable bonds is 3. The molecule has 1 N–H and O–H groups in total. The third kappa shape index (κ3) is 2.95. The van der Waals surface area contributed by atoms with Gasteiger partial charge in [0.2, 0.25) is 5.95 Å². The van der Waals surface area contributed by atoms with E-state index in [9.17, 15) is 13.2 Å². The van der Waals surface area contributed by atoms with E-state index in [1.54, 1.807) is 19.3 Å². The summed E-state index contributed by atoms with van der Waals surface area (Å²) in [5.41, 5.74) is 0.470. The van der Waals surface area contributed by atoms with Crippen molar-refractivity contribution >= 4 is 11.6 Å². The number of anilines is 2. The predicted molar refractivity (Wildman–Crippen MR) is 72.1 cm³/mol. The van der Waals surface area contributed by atoms with Gasteiger partial charge in [-0.25, -0.2) is 4.98 Å². The molecular formula is C14H16F3N3. The van der Waals surface area contributed by atoms with Gasteiger partial charge in [0.25, 0.3) is 0 Å². The van der Waals surface area contributed by atoms with E-state index in [1.807, 2.05) is 18.4 Å². The number of alkyl halides is 3. The maximum Gasteiger partial charge on any atom is 0.416 e. The van der Waals surface area contributed by atoms with Crippen LogP contribution < -0.4 is 5.32 Å². The molecule has 0 unspecified atom stereocenters. The Morgan fingerprint density at radius 3 is 2.55 bits per heavy atom. The molecule has 6 heteroatoms. The highest BCUT2D eigenvalue weighted by Gasteiger charge is 2.30. The summed E-state index contributed by atoms with van der Waals surface area (Å²) >= 11 is 0. The van der Waals surface area contributed by atoms with Crippen LogP contribution in [0.25, 0.3) is 0 Å². The van der Waals surface area contributed by atoms with E-state index in [4.69, 9.17) is 0 Å². The molecule has 0 spiro atoms. The number of hydrogen-bond acceptors (Lipinski definition) is 2. The molecular weight excluding hydrogens is 267 g/mol. The first-order chi connectivity index (χ1) is 9.29. The van der Waals surface area contributed by atoms with Crippen LogP contribution in [0.15, 0.2) is 30.6 Å². The topological polar surface area (TPSA) is 29.9 Å². The number of imidazole rings is 1. The summed E-state index contributed by atoms with van der Waals surface area (Å²) in [6, 6.07) is 3.81. The number of nitrogens with one attached hydrogen (secondary N) is 1. The van der Waals surface area contributed by atoms with Crippen molar-refractivity contribution in [1.29, 1.82) is 0 Å². The molecule has 20 heavy (non-hydrogen) atoms. The van der Waals surface area contributed by atoms with Gasteiger partial charge in [-0.1, -0.05) is 6.07 Å². The first-order valence-electron chi connectivity index (χ1n) is 6.26. The molecule has 0 bridgehead atoms. The predicted octanol–water partition coefficient (Wildman–Crippen LogP) is 4.53. The van der Waals surface area contributed by atoms with Gasteiger partial charge in [0, 0.05) is 24.1 Å². The van der Waals surface area contributed by atoms with Crippen LogP contribution in [0.2, 0.25) is 0 Å². The van der Waals surface area contributed by atoms with Crippen molar-refractivity contribution in [2.75, 3.05) is 5.32 Å². The van der Waals surface area contributed by atoms with Crippen molar-refractivity contribution in [2.24, 2.45) is 0 Å². The summed E-state index contributed by atoms with van der Waals surface area (Å²) in [7, 11) is 0. The zero-order valence-electron chi connectivity index (χ0n) is 11.5. The average molecular weight is 283 g/mol. The van der Waals surface area contributed by atoms with E-state index in [2.05, 4.69) is 10.3 Å². The normalized spacial score (nSPS) is 11.9.